The minimum Gasteiger partial charge on any atom is -0.495 e. The molecule has 166 valence electrons. The Morgan fingerprint density at radius 1 is 0.906 bits per heavy atom. The molecule has 5 nitrogen and oxygen atoms in total. The first-order chi connectivity index (χ1) is 15.6. The molecular weight excluding hydrogens is 398 g/mol. The minimum absolute atomic E-state index is 0.0330. The highest BCUT2D eigenvalue weighted by Crippen LogP contribution is 2.28. The smallest absolute Gasteiger partial charge is 0.251 e. The number of nitrogens with one attached hydrogen (secondary N) is 1. The predicted octanol–water partition coefficient (Wildman–Crippen LogP) is 4.26. The summed E-state index contributed by atoms with van der Waals surface area (Å²) in [6.07, 6.45) is 0. The Bertz CT molecular complexity index is 1060. The van der Waals surface area contributed by atoms with Gasteiger partial charge in [0.25, 0.3) is 5.91 Å². The van der Waals surface area contributed by atoms with Crippen LogP contribution in [0.5, 0.6) is 5.75 Å². The van der Waals surface area contributed by atoms with Gasteiger partial charge < -0.3 is 15.0 Å². The summed E-state index contributed by atoms with van der Waals surface area (Å²) in [5, 5.41) is 3.04. The molecule has 5 heteroatoms. The van der Waals surface area contributed by atoms with Crippen LogP contribution in [0.15, 0.2) is 72.8 Å². The van der Waals surface area contributed by atoms with E-state index >= 15 is 0 Å². The lowest BCUT2D eigenvalue weighted by atomic mass is 10.1. The van der Waals surface area contributed by atoms with Gasteiger partial charge in [-0.05, 0) is 42.3 Å². The van der Waals surface area contributed by atoms with Crippen molar-refractivity contribution >= 4 is 11.6 Å². The summed E-state index contributed by atoms with van der Waals surface area (Å²) >= 11 is 0. The number of ether oxygens (including phenoxy) is 1. The summed E-state index contributed by atoms with van der Waals surface area (Å²) in [4.78, 5) is 17.5. The summed E-state index contributed by atoms with van der Waals surface area (Å²) in [7, 11) is 1.72. The van der Waals surface area contributed by atoms with Gasteiger partial charge in [-0.25, -0.2) is 0 Å². The number of aryl methyl sites for hydroxylation is 1. The van der Waals surface area contributed by atoms with Gasteiger partial charge in [-0.3, -0.25) is 9.69 Å². The second kappa shape index (κ2) is 10.3. The molecule has 0 aromatic heterocycles. The highest BCUT2D eigenvalue weighted by atomic mass is 16.5. The van der Waals surface area contributed by atoms with Crippen molar-refractivity contribution in [2.24, 2.45) is 0 Å². The van der Waals surface area contributed by atoms with Crippen LogP contribution < -0.4 is 15.0 Å². The molecule has 0 aliphatic carbocycles. The number of rotatable bonds is 7. The largest absolute Gasteiger partial charge is 0.495 e. The SMILES string of the molecule is COc1ccccc1N1CCN(Cc2cccc(C(=O)NCc3cccc(C)c3)c2)CC1. The number of methoxy groups -OCH3 is 1. The number of anilines is 1. The fraction of sp³-hybridized carbons (Fsp3) is 0.296. The van der Waals surface area contributed by atoms with E-state index in [9.17, 15) is 4.79 Å². The lowest BCUT2D eigenvalue weighted by molar-refractivity contribution is 0.0950. The number of carbonyl (C=O) groups is 1. The zero-order chi connectivity index (χ0) is 22.3. The average Bonchev–Trinajstić information content (AvgIpc) is 2.83. The van der Waals surface area contributed by atoms with Crippen molar-refractivity contribution in [3.63, 3.8) is 0 Å². The van der Waals surface area contributed by atoms with E-state index in [1.807, 2.05) is 42.5 Å². The molecule has 1 fully saturated rings. The van der Waals surface area contributed by atoms with Crippen molar-refractivity contribution in [2.75, 3.05) is 38.2 Å². The molecule has 0 bridgehead atoms. The van der Waals surface area contributed by atoms with Gasteiger partial charge >= 0.3 is 0 Å². The van der Waals surface area contributed by atoms with Crippen LogP contribution in [0.3, 0.4) is 0 Å². The van der Waals surface area contributed by atoms with Crippen molar-refractivity contribution < 1.29 is 9.53 Å². The third-order valence-corrected chi connectivity index (χ3v) is 5.93. The van der Waals surface area contributed by atoms with Gasteiger partial charge in [0, 0.05) is 44.8 Å². The van der Waals surface area contributed by atoms with Crippen molar-refractivity contribution in [1.82, 2.24) is 10.2 Å². The number of amides is 1. The zero-order valence-electron chi connectivity index (χ0n) is 18.9. The third kappa shape index (κ3) is 5.48. The van der Waals surface area contributed by atoms with Crippen LogP contribution >= 0.6 is 0 Å². The maximum absolute atomic E-state index is 12.7. The van der Waals surface area contributed by atoms with Gasteiger partial charge in [-0.1, -0.05) is 54.1 Å². The van der Waals surface area contributed by atoms with Crippen molar-refractivity contribution in [1.29, 1.82) is 0 Å². The quantitative estimate of drug-likeness (QED) is 0.610. The second-order valence-electron chi connectivity index (χ2n) is 8.31. The Morgan fingerprint density at radius 2 is 1.66 bits per heavy atom. The molecule has 0 atom stereocenters. The molecule has 1 amide bonds. The van der Waals surface area contributed by atoms with E-state index in [1.54, 1.807) is 7.11 Å². The lowest BCUT2D eigenvalue weighted by Crippen LogP contribution is -2.46. The first-order valence-corrected chi connectivity index (χ1v) is 11.2. The molecule has 3 aromatic rings. The highest BCUT2D eigenvalue weighted by molar-refractivity contribution is 5.94. The summed E-state index contributed by atoms with van der Waals surface area (Å²) in [6.45, 7) is 7.30. The second-order valence-corrected chi connectivity index (χ2v) is 8.31. The molecular formula is C27H31N3O2. The van der Waals surface area contributed by atoms with E-state index in [4.69, 9.17) is 4.74 Å². The highest BCUT2D eigenvalue weighted by Gasteiger charge is 2.19. The van der Waals surface area contributed by atoms with Gasteiger partial charge in [0.1, 0.15) is 5.75 Å². The molecule has 1 saturated heterocycles. The van der Waals surface area contributed by atoms with Crippen molar-refractivity contribution in [3.05, 3.63) is 95.1 Å². The summed E-state index contributed by atoms with van der Waals surface area (Å²) in [5.74, 6) is 0.889. The fourth-order valence-electron chi connectivity index (χ4n) is 4.21. The number of para-hydroxylation sites is 2. The van der Waals surface area contributed by atoms with Crippen LogP contribution in [-0.4, -0.2) is 44.1 Å². The van der Waals surface area contributed by atoms with E-state index in [2.05, 4.69) is 52.4 Å². The number of piperazine rings is 1. The molecule has 1 aliphatic rings. The van der Waals surface area contributed by atoms with E-state index in [1.165, 1.54) is 11.1 Å². The van der Waals surface area contributed by atoms with Crippen LogP contribution in [0.2, 0.25) is 0 Å². The van der Waals surface area contributed by atoms with E-state index < -0.39 is 0 Å². The van der Waals surface area contributed by atoms with E-state index in [-0.39, 0.29) is 5.91 Å². The van der Waals surface area contributed by atoms with Crippen LogP contribution in [-0.2, 0) is 13.1 Å². The molecule has 32 heavy (non-hydrogen) atoms. The maximum Gasteiger partial charge on any atom is 0.251 e. The first-order valence-electron chi connectivity index (χ1n) is 11.2. The molecule has 0 spiro atoms. The van der Waals surface area contributed by atoms with Crippen LogP contribution in [0.1, 0.15) is 27.0 Å². The summed E-state index contributed by atoms with van der Waals surface area (Å²) < 4.78 is 5.52. The van der Waals surface area contributed by atoms with Crippen LogP contribution in [0.25, 0.3) is 0 Å². The molecule has 3 aromatic carbocycles. The number of hydrogen-bond donors (Lipinski definition) is 1. The van der Waals surface area contributed by atoms with Crippen LogP contribution in [0, 0.1) is 6.92 Å². The molecule has 0 saturated carbocycles. The van der Waals surface area contributed by atoms with Gasteiger partial charge in [-0.2, -0.15) is 0 Å². The normalized spacial score (nSPS) is 14.2. The molecule has 0 unspecified atom stereocenters. The van der Waals surface area contributed by atoms with Gasteiger partial charge in [0.2, 0.25) is 0 Å². The first kappa shape index (κ1) is 21.9. The average molecular weight is 430 g/mol. The Balaban J connectivity index is 1.32. The standard InChI is InChI=1S/C27H31N3O2/c1-21-7-5-8-22(17-21)19-28-27(31)24-10-6-9-23(18-24)20-29-13-15-30(16-14-29)25-11-3-4-12-26(25)32-2/h3-12,17-18H,13-16,19-20H2,1-2H3,(H,28,31). The Morgan fingerprint density at radius 3 is 2.44 bits per heavy atom. The fourth-order valence-corrected chi connectivity index (χ4v) is 4.21. The Hall–Kier alpha value is -3.31. The Labute approximate surface area is 190 Å². The van der Waals surface area contributed by atoms with Gasteiger partial charge in [0.15, 0.2) is 0 Å². The van der Waals surface area contributed by atoms with Crippen molar-refractivity contribution in [3.8, 4) is 5.75 Å². The zero-order valence-corrected chi connectivity index (χ0v) is 18.9. The number of nitrogens with zero attached hydrogens (tertiary/aromatic N) is 2. The number of hydrogen-bond acceptors (Lipinski definition) is 4. The van der Waals surface area contributed by atoms with Gasteiger partial charge in [0.05, 0.1) is 12.8 Å². The number of carbonyl (C=O) groups excluding carboxylic acids is 1. The lowest BCUT2D eigenvalue weighted by Gasteiger charge is -2.36. The Kier molecular flexibility index (Phi) is 7.07. The molecule has 1 aliphatic heterocycles. The molecule has 1 N–H and O–H groups in total. The molecule has 4 rings (SSSR count). The maximum atomic E-state index is 12.7. The monoisotopic (exact) mass is 429 g/mol. The molecule has 1 heterocycles. The third-order valence-electron chi connectivity index (χ3n) is 5.93. The van der Waals surface area contributed by atoms with E-state index in [0.29, 0.717) is 12.1 Å². The van der Waals surface area contributed by atoms with Crippen LogP contribution in [0.4, 0.5) is 5.69 Å². The number of benzene rings is 3. The van der Waals surface area contributed by atoms with Gasteiger partial charge in [-0.15, -0.1) is 0 Å². The predicted molar refractivity (Wildman–Crippen MR) is 129 cm³/mol. The van der Waals surface area contributed by atoms with E-state index in [0.717, 1.165) is 49.7 Å². The molecule has 0 radical (unpaired) electrons. The summed E-state index contributed by atoms with van der Waals surface area (Å²) in [5.41, 5.74) is 5.34. The summed E-state index contributed by atoms with van der Waals surface area (Å²) in [6, 6.07) is 24.4. The minimum atomic E-state index is -0.0330. The van der Waals surface area contributed by atoms with Crippen molar-refractivity contribution in [2.45, 2.75) is 20.0 Å². The topological polar surface area (TPSA) is 44.8 Å².